The van der Waals surface area contributed by atoms with Crippen molar-refractivity contribution in [1.29, 1.82) is 0 Å². The van der Waals surface area contributed by atoms with Crippen LogP contribution in [0, 0.1) is 6.92 Å². The molecule has 1 aromatic carbocycles. The third-order valence-electron chi connectivity index (χ3n) is 4.41. The third kappa shape index (κ3) is 2.12. The molecule has 0 aliphatic carbocycles. The molecule has 0 unspecified atom stereocenters. The highest BCUT2D eigenvalue weighted by Crippen LogP contribution is 2.35. The number of fused-ring (bicyclic) bond motifs is 3. The summed E-state index contributed by atoms with van der Waals surface area (Å²) < 4.78 is 2.42. The van der Waals surface area contributed by atoms with Crippen LogP contribution in [0.4, 0.5) is 0 Å². The number of piperidine rings is 1. The summed E-state index contributed by atoms with van der Waals surface area (Å²) >= 11 is 6.21. The zero-order valence-electron chi connectivity index (χ0n) is 12.1. The van der Waals surface area contributed by atoms with Crippen molar-refractivity contribution in [2.45, 2.75) is 25.8 Å². The van der Waals surface area contributed by atoms with E-state index in [4.69, 9.17) is 16.6 Å². The van der Waals surface area contributed by atoms with E-state index in [9.17, 15) is 0 Å². The monoisotopic (exact) mass is 299 g/mol. The Kier molecular flexibility index (Phi) is 3.12. The lowest BCUT2D eigenvalue weighted by Gasteiger charge is -2.25. The van der Waals surface area contributed by atoms with E-state index in [0.717, 1.165) is 36.6 Å². The molecule has 1 fully saturated rings. The first-order valence-electron chi connectivity index (χ1n) is 7.50. The van der Waals surface area contributed by atoms with Crippen LogP contribution in [0.5, 0.6) is 0 Å². The number of aromatic nitrogens is 2. The first kappa shape index (κ1) is 13.1. The van der Waals surface area contributed by atoms with Gasteiger partial charge in [0.2, 0.25) is 0 Å². The number of aryl methyl sites for hydroxylation is 1. The second-order valence-corrected chi connectivity index (χ2v) is 6.33. The highest BCUT2D eigenvalue weighted by atomic mass is 35.5. The average Bonchev–Trinajstić information content (AvgIpc) is 2.81. The lowest BCUT2D eigenvalue weighted by Crippen LogP contribution is -2.29. The molecular formula is C17H18ClN3. The molecule has 4 heteroatoms. The smallest absolute Gasteiger partial charge is 0.141 e. The molecule has 1 N–H and O–H groups in total. The summed E-state index contributed by atoms with van der Waals surface area (Å²) in [6.45, 7) is 4.24. The average molecular weight is 300 g/mol. The first-order valence-corrected chi connectivity index (χ1v) is 7.88. The maximum absolute atomic E-state index is 6.21. The SMILES string of the molecule is Cc1cnc2c(c1)c1cc(Cl)ccc1n2C1CCNCC1. The minimum Gasteiger partial charge on any atom is -0.322 e. The molecule has 0 spiro atoms. The Morgan fingerprint density at radius 1 is 1.19 bits per heavy atom. The highest BCUT2D eigenvalue weighted by Gasteiger charge is 2.21. The lowest BCUT2D eigenvalue weighted by atomic mass is 10.1. The molecule has 0 amide bonds. The van der Waals surface area contributed by atoms with Crippen molar-refractivity contribution in [3.05, 3.63) is 41.0 Å². The molecule has 1 saturated heterocycles. The summed E-state index contributed by atoms with van der Waals surface area (Å²) in [5, 5.41) is 6.65. The predicted octanol–water partition coefficient (Wildman–Crippen LogP) is 4.08. The van der Waals surface area contributed by atoms with E-state index in [1.807, 2.05) is 12.3 Å². The largest absolute Gasteiger partial charge is 0.322 e. The van der Waals surface area contributed by atoms with Crippen molar-refractivity contribution in [2.75, 3.05) is 13.1 Å². The summed E-state index contributed by atoms with van der Waals surface area (Å²) in [4.78, 5) is 4.72. The van der Waals surface area contributed by atoms with Crippen molar-refractivity contribution < 1.29 is 0 Å². The Balaban J connectivity index is 2.06. The normalized spacial score (nSPS) is 16.9. The number of benzene rings is 1. The van der Waals surface area contributed by atoms with Crippen molar-refractivity contribution in [3.63, 3.8) is 0 Å². The van der Waals surface area contributed by atoms with Crippen LogP contribution in [0.15, 0.2) is 30.5 Å². The van der Waals surface area contributed by atoms with Crippen LogP contribution in [0.3, 0.4) is 0 Å². The first-order chi connectivity index (χ1) is 10.2. The van der Waals surface area contributed by atoms with E-state index in [1.54, 1.807) is 0 Å². The van der Waals surface area contributed by atoms with Gasteiger partial charge in [0.15, 0.2) is 0 Å². The molecule has 108 valence electrons. The standard InChI is InChI=1S/C17H18ClN3/c1-11-8-15-14-9-12(18)2-3-16(14)21(17(15)20-10-11)13-4-6-19-7-5-13/h2-3,8-10,13,19H,4-7H2,1H3. The fraction of sp³-hybridized carbons (Fsp3) is 0.353. The fourth-order valence-corrected chi connectivity index (χ4v) is 3.61. The van der Waals surface area contributed by atoms with E-state index >= 15 is 0 Å². The van der Waals surface area contributed by atoms with Gasteiger partial charge in [0.1, 0.15) is 5.65 Å². The molecule has 0 radical (unpaired) electrons. The number of pyridine rings is 1. The molecule has 2 aromatic heterocycles. The lowest BCUT2D eigenvalue weighted by molar-refractivity contribution is 0.381. The summed E-state index contributed by atoms with van der Waals surface area (Å²) in [6.07, 6.45) is 4.26. The van der Waals surface area contributed by atoms with Crippen LogP contribution in [0.2, 0.25) is 5.02 Å². The molecule has 0 bridgehead atoms. The van der Waals surface area contributed by atoms with Gasteiger partial charge >= 0.3 is 0 Å². The maximum Gasteiger partial charge on any atom is 0.141 e. The molecule has 1 aliphatic rings. The molecule has 3 nitrogen and oxygen atoms in total. The molecule has 0 saturated carbocycles. The number of nitrogens with zero attached hydrogens (tertiary/aromatic N) is 2. The van der Waals surface area contributed by atoms with Gasteiger partial charge in [0.25, 0.3) is 0 Å². The van der Waals surface area contributed by atoms with E-state index < -0.39 is 0 Å². The van der Waals surface area contributed by atoms with E-state index in [2.05, 4.69) is 35.0 Å². The number of hydrogen-bond acceptors (Lipinski definition) is 2. The second kappa shape index (κ2) is 5.00. The van der Waals surface area contributed by atoms with E-state index in [-0.39, 0.29) is 0 Å². The highest BCUT2D eigenvalue weighted by molar-refractivity contribution is 6.31. The van der Waals surface area contributed by atoms with Gasteiger partial charge in [0, 0.05) is 28.0 Å². The summed E-state index contributed by atoms with van der Waals surface area (Å²) in [5.41, 5.74) is 3.52. The number of hydrogen-bond donors (Lipinski definition) is 1. The number of nitrogens with one attached hydrogen (secondary N) is 1. The zero-order chi connectivity index (χ0) is 14.4. The van der Waals surface area contributed by atoms with Crippen molar-refractivity contribution in [3.8, 4) is 0 Å². The number of halogens is 1. The van der Waals surface area contributed by atoms with Crippen LogP contribution < -0.4 is 5.32 Å². The minimum absolute atomic E-state index is 0.516. The molecular weight excluding hydrogens is 282 g/mol. The maximum atomic E-state index is 6.21. The summed E-state index contributed by atoms with van der Waals surface area (Å²) in [5.74, 6) is 0. The molecule has 21 heavy (non-hydrogen) atoms. The molecule has 3 aromatic rings. The third-order valence-corrected chi connectivity index (χ3v) is 4.65. The fourth-order valence-electron chi connectivity index (χ4n) is 3.43. The zero-order valence-corrected chi connectivity index (χ0v) is 12.8. The van der Waals surface area contributed by atoms with Crippen molar-refractivity contribution in [2.24, 2.45) is 0 Å². The van der Waals surface area contributed by atoms with Gasteiger partial charge in [-0.1, -0.05) is 11.6 Å². The van der Waals surface area contributed by atoms with Crippen LogP contribution in [0.1, 0.15) is 24.4 Å². The second-order valence-electron chi connectivity index (χ2n) is 5.90. The Bertz CT molecular complexity index is 756. The Morgan fingerprint density at radius 3 is 2.81 bits per heavy atom. The summed E-state index contributed by atoms with van der Waals surface area (Å²) in [7, 11) is 0. The topological polar surface area (TPSA) is 29.9 Å². The Labute approximate surface area is 128 Å². The quantitative estimate of drug-likeness (QED) is 0.734. The van der Waals surface area contributed by atoms with Gasteiger partial charge in [-0.15, -0.1) is 0 Å². The van der Waals surface area contributed by atoms with Crippen LogP contribution in [-0.4, -0.2) is 22.6 Å². The van der Waals surface area contributed by atoms with Crippen molar-refractivity contribution in [1.82, 2.24) is 14.9 Å². The Morgan fingerprint density at radius 2 is 2.00 bits per heavy atom. The van der Waals surface area contributed by atoms with Crippen molar-refractivity contribution >= 4 is 33.5 Å². The predicted molar refractivity (Wildman–Crippen MR) is 88.1 cm³/mol. The minimum atomic E-state index is 0.516. The van der Waals surface area contributed by atoms with Gasteiger partial charge in [0.05, 0.1) is 5.52 Å². The van der Waals surface area contributed by atoms with Gasteiger partial charge in [-0.05, 0) is 62.7 Å². The van der Waals surface area contributed by atoms with Gasteiger partial charge in [-0.25, -0.2) is 4.98 Å². The summed E-state index contributed by atoms with van der Waals surface area (Å²) in [6, 6.07) is 8.92. The van der Waals surface area contributed by atoms with Gasteiger partial charge in [-0.2, -0.15) is 0 Å². The number of rotatable bonds is 1. The van der Waals surface area contributed by atoms with Gasteiger partial charge < -0.3 is 9.88 Å². The van der Waals surface area contributed by atoms with Crippen LogP contribution in [0.25, 0.3) is 21.9 Å². The van der Waals surface area contributed by atoms with Crippen LogP contribution >= 0.6 is 11.6 Å². The molecule has 3 heterocycles. The van der Waals surface area contributed by atoms with E-state index in [1.165, 1.54) is 21.9 Å². The molecule has 4 rings (SSSR count). The van der Waals surface area contributed by atoms with Crippen LogP contribution in [-0.2, 0) is 0 Å². The molecule has 1 aliphatic heterocycles. The van der Waals surface area contributed by atoms with E-state index in [0.29, 0.717) is 6.04 Å². The molecule has 0 atom stereocenters. The van der Waals surface area contributed by atoms with Gasteiger partial charge in [-0.3, -0.25) is 0 Å². The Hall–Kier alpha value is -1.58.